The standard InChI is InChI=1S/C14H19ClN2O2S/c1-2-9-17(12-5-3-4-6-12)20(18,19)14-8-7-11(15)10-13(14)16/h2,7-8,10,12H,1,3-6,9,16H2. The van der Waals surface area contributed by atoms with Crippen molar-refractivity contribution in [1.82, 2.24) is 4.31 Å². The van der Waals surface area contributed by atoms with E-state index >= 15 is 0 Å². The highest BCUT2D eigenvalue weighted by Gasteiger charge is 2.33. The molecule has 2 rings (SSSR count). The second-order valence-electron chi connectivity index (χ2n) is 4.98. The first-order chi connectivity index (χ1) is 9.46. The van der Waals surface area contributed by atoms with Gasteiger partial charge in [-0.1, -0.05) is 30.5 Å². The van der Waals surface area contributed by atoms with Gasteiger partial charge in [0.05, 0.1) is 5.69 Å². The fraction of sp³-hybridized carbons (Fsp3) is 0.429. The van der Waals surface area contributed by atoms with Gasteiger partial charge in [-0.05, 0) is 31.0 Å². The van der Waals surface area contributed by atoms with Gasteiger partial charge in [0, 0.05) is 17.6 Å². The lowest BCUT2D eigenvalue weighted by atomic mass is 10.2. The molecule has 0 amide bonds. The summed E-state index contributed by atoms with van der Waals surface area (Å²) >= 11 is 5.83. The highest BCUT2D eigenvalue weighted by atomic mass is 35.5. The van der Waals surface area contributed by atoms with Crippen LogP contribution in [0.4, 0.5) is 5.69 Å². The largest absolute Gasteiger partial charge is 0.398 e. The van der Waals surface area contributed by atoms with Gasteiger partial charge in [0.2, 0.25) is 10.0 Å². The van der Waals surface area contributed by atoms with Gasteiger partial charge >= 0.3 is 0 Å². The Morgan fingerprint density at radius 1 is 1.40 bits per heavy atom. The first kappa shape index (κ1) is 15.4. The third kappa shape index (κ3) is 3.00. The molecule has 0 atom stereocenters. The van der Waals surface area contributed by atoms with Crippen molar-refractivity contribution in [2.24, 2.45) is 0 Å². The van der Waals surface area contributed by atoms with E-state index in [0.29, 0.717) is 11.6 Å². The molecule has 1 aromatic rings. The van der Waals surface area contributed by atoms with Gasteiger partial charge in [0.15, 0.2) is 0 Å². The number of benzene rings is 1. The Morgan fingerprint density at radius 2 is 2.05 bits per heavy atom. The van der Waals surface area contributed by atoms with Crippen LogP contribution in [0.15, 0.2) is 35.7 Å². The van der Waals surface area contributed by atoms with Gasteiger partial charge < -0.3 is 5.73 Å². The van der Waals surface area contributed by atoms with E-state index in [1.54, 1.807) is 12.1 Å². The van der Waals surface area contributed by atoms with Crippen molar-refractivity contribution >= 4 is 27.3 Å². The van der Waals surface area contributed by atoms with Crippen molar-refractivity contribution in [2.45, 2.75) is 36.6 Å². The summed E-state index contributed by atoms with van der Waals surface area (Å²) in [5.41, 5.74) is 6.01. The monoisotopic (exact) mass is 314 g/mol. The normalized spacial score (nSPS) is 16.7. The van der Waals surface area contributed by atoms with Crippen molar-refractivity contribution in [3.8, 4) is 0 Å². The Morgan fingerprint density at radius 3 is 2.60 bits per heavy atom. The van der Waals surface area contributed by atoms with E-state index in [-0.39, 0.29) is 16.6 Å². The minimum absolute atomic E-state index is 0.0353. The van der Waals surface area contributed by atoms with Crippen molar-refractivity contribution in [3.05, 3.63) is 35.9 Å². The number of nitrogens with zero attached hydrogens (tertiary/aromatic N) is 1. The van der Waals surface area contributed by atoms with Crippen LogP contribution in [0, 0.1) is 0 Å². The number of hydrogen-bond donors (Lipinski definition) is 1. The van der Waals surface area contributed by atoms with E-state index in [2.05, 4.69) is 6.58 Å². The van der Waals surface area contributed by atoms with Crippen molar-refractivity contribution in [3.63, 3.8) is 0 Å². The molecule has 0 aliphatic heterocycles. The van der Waals surface area contributed by atoms with Gasteiger partial charge in [0.1, 0.15) is 4.90 Å². The molecular weight excluding hydrogens is 296 g/mol. The van der Waals surface area contributed by atoms with Crippen LogP contribution in [0.5, 0.6) is 0 Å². The molecule has 0 saturated heterocycles. The van der Waals surface area contributed by atoms with Crippen molar-refractivity contribution < 1.29 is 8.42 Å². The molecule has 1 aliphatic carbocycles. The Bertz CT molecular complexity index is 595. The Kier molecular flexibility index (Phi) is 4.73. The number of sulfonamides is 1. The Balaban J connectivity index is 2.41. The fourth-order valence-corrected chi connectivity index (χ4v) is 4.58. The zero-order valence-electron chi connectivity index (χ0n) is 11.3. The molecule has 1 aromatic carbocycles. The van der Waals surface area contributed by atoms with Crippen LogP contribution in [0.3, 0.4) is 0 Å². The van der Waals surface area contributed by atoms with Crippen LogP contribution in [0.2, 0.25) is 5.02 Å². The van der Waals surface area contributed by atoms with E-state index in [1.807, 2.05) is 0 Å². The molecule has 4 nitrogen and oxygen atoms in total. The molecule has 20 heavy (non-hydrogen) atoms. The molecule has 2 N–H and O–H groups in total. The highest BCUT2D eigenvalue weighted by molar-refractivity contribution is 7.89. The SMILES string of the molecule is C=CCN(C1CCCC1)S(=O)(=O)c1ccc(Cl)cc1N. The average molecular weight is 315 g/mol. The lowest BCUT2D eigenvalue weighted by Crippen LogP contribution is -2.39. The molecule has 6 heteroatoms. The predicted molar refractivity (Wildman–Crippen MR) is 82.2 cm³/mol. The van der Waals surface area contributed by atoms with E-state index < -0.39 is 10.0 Å². The van der Waals surface area contributed by atoms with Crippen LogP contribution in [0.1, 0.15) is 25.7 Å². The maximum atomic E-state index is 12.8. The quantitative estimate of drug-likeness (QED) is 0.671. The minimum atomic E-state index is -3.62. The molecule has 0 unspecified atom stereocenters. The lowest BCUT2D eigenvalue weighted by molar-refractivity contribution is 0.348. The molecular formula is C14H19ClN2O2S. The first-order valence-corrected chi connectivity index (χ1v) is 8.46. The fourth-order valence-electron chi connectivity index (χ4n) is 2.64. The van der Waals surface area contributed by atoms with Crippen molar-refractivity contribution in [2.75, 3.05) is 12.3 Å². The number of anilines is 1. The van der Waals surface area contributed by atoms with Gasteiger partial charge in [0.25, 0.3) is 0 Å². The summed E-state index contributed by atoms with van der Waals surface area (Å²) in [6.45, 7) is 3.96. The maximum absolute atomic E-state index is 12.8. The van der Waals surface area contributed by atoms with Gasteiger partial charge in [-0.25, -0.2) is 8.42 Å². The zero-order chi connectivity index (χ0) is 14.8. The van der Waals surface area contributed by atoms with Crippen molar-refractivity contribution in [1.29, 1.82) is 0 Å². The summed E-state index contributed by atoms with van der Waals surface area (Å²) in [7, 11) is -3.62. The summed E-state index contributed by atoms with van der Waals surface area (Å²) in [5.74, 6) is 0. The predicted octanol–water partition coefficient (Wildman–Crippen LogP) is 3.04. The summed E-state index contributed by atoms with van der Waals surface area (Å²) in [6.07, 6.45) is 5.51. The smallest absolute Gasteiger partial charge is 0.245 e. The number of rotatable bonds is 5. The Labute approximate surface area is 125 Å². The molecule has 0 radical (unpaired) electrons. The third-order valence-electron chi connectivity index (χ3n) is 3.60. The first-order valence-electron chi connectivity index (χ1n) is 6.64. The topological polar surface area (TPSA) is 63.4 Å². The van der Waals surface area contributed by atoms with Crippen LogP contribution >= 0.6 is 11.6 Å². The minimum Gasteiger partial charge on any atom is -0.398 e. The van der Waals surface area contributed by atoms with E-state index in [1.165, 1.54) is 16.4 Å². The number of nitrogens with two attached hydrogens (primary N) is 1. The molecule has 1 saturated carbocycles. The molecule has 0 aromatic heterocycles. The van der Waals surface area contributed by atoms with Crippen LogP contribution in [-0.2, 0) is 10.0 Å². The van der Waals surface area contributed by atoms with Gasteiger partial charge in [-0.2, -0.15) is 4.31 Å². The molecule has 1 aliphatic rings. The summed E-state index contributed by atoms with van der Waals surface area (Å²) < 4.78 is 27.1. The second kappa shape index (κ2) is 6.16. The van der Waals surface area contributed by atoms with Gasteiger partial charge in [-0.3, -0.25) is 0 Å². The highest BCUT2D eigenvalue weighted by Crippen LogP contribution is 2.31. The van der Waals surface area contributed by atoms with Crippen LogP contribution in [-0.4, -0.2) is 25.3 Å². The summed E-state index contributed by atoms with van der Waals surface area (Å²) in [6, 6.07) is 4.52. The van der Waals surface area contributed by atoms with E-state index in [9.17, 15) is 8.42 Å². The lowest BCUT2D eigenvalue weighted by Gasteiger charge is -2.27. The number of halogens is 1. The molecule has 0 heterocycles. The van der Waals surface area contributed by atoms with Crippen LogP contribution in [0.25, 0.3) is 0 Å². The molecule has 110 valence electrons. The molecule has 0 bridgehead atoms. The van der Waals surface area contributed by atoms with Crippen LogP contribution < -0.4 is 5.73 Å². The maximum Gasteiger partial charge on any atom is 0.245 e. The molecule has 0 spiro atoms. The molecule has 1 fully saturated rings. The van der Waals surface area contributed by atoms with E-state index in [4.69, 9.17) is 17.3 Å². The Hall–Kier alpha value is -1.04. The average Bonchev–Trinajstić information content (AvgIpc) is 2.88. The third-order valence-corrected chi connectivity index (χ3v) is 5.83. The summed E-state index contributed by atoms with van der Waals surface area (Å²) in [4.78, 5) is 0.121. The van der Waals surface area contributed by atoms with Gasteiger partial charge in [-0.15, -0.1) is 6.58 Å². The number of nitrogen functional groups attached to an aromatic ring is 1. The number of hydrogen-bond acceptors (Lipinski definition) is 3. The second-order valence-corrected chi connectivity index (χ2v) is 7.28. The van der Waals surface area contributed by atoms with E-state index in [0.717, 1.165) is 25.7 Å². The zero-order valence-corrected chi connectivity index (χ0v) is 12.8. The summed E-state index contributed by atoms with van der Waals surface area (Å²) in [5, 5.41) is 0.428.